The summed E-state index contributed by atoms with van der Waals surface area (Å²) in [7, 11) is 3.02. The molecule has 2 aromatic carbocycles. The molecule has 0 aliphatic heterocycles. The molecule has 0 fully saturated rings. The van der Waals surface area contributed by atoms with Gasteiger partial charge < -0.3 is 15.2 Å². The number of nitrogens with two attached hydrogens (primary N) is 1. The largest absolute Gasteiger partial charge is 0.497 e. The molecule has 5 nitrogen and oxygen atoms in total. The van der Waals surface area contributed by atoms with Crippen LogP contribution in [-0.4, -0.2) is 19.2 Å². The minimum absolute atomic E-state index is 0.00567. The van der Waals surface area contributed by atoms with Crippen LogP contribution in [0, 0.1) is 23.0 Å². The lowest BCUT2D eigenvalue weighted by Gasteiger charge is -2.14. The molecule has 3 rings (SSSR count). The number of benzene rings is 2. The van der Waals surface area contributed by atoms with Crippen molar-refractivity contribution in [3.8, 4) is 40.0 Å². The van der Waals surface area contributed by atoms with Gasteiger partial charge in [-0.05, 0) is 36.4 Å². The predicted molar refractivity (Wildman–Crippen MR) is 97.3 cm³/mol. The van der Waals surface area contributed by atoms with E-state index >= 15 is 0 Å². The van der Waals surface area contributed by atoms with Gasteiger partial charge in [0.05, 0.1) is 19.9 Å². The average molecular weight is 367 g/mol. The monoisotopic (exact) mass is 367 g/mol. The Kier molecular flexibility index (Phi) is 4.90. The quantitative estimate of drug-likeness (QED) is 0.749. The molecule has 1 aromatic heterocycles. The Morgan fingerprint density at radius 2 is 1.74 bits per heavy atom. The topological polar surface area (TPSA) is 81.2 Å². The van der Waals surface area contributed by atoms with Gasteiger partial charge in [0.1, 0.15) is 40.6 Å². The van der Waals surface area contributed by atoms with Crippen LogP contribution < -0.4 is 15.2 Å². The van der Waals surface area contributed by atoms with Gasteiger partial charge in [-0.25, -0.2) is 13.8 Å². The highest BCUT2D eigenvalue weighted by molar-refractivity contribution is 5.82. The van der Waals surface area contributed by atoms with Crippen LogP contribution in [0.15, 0.2) is 42.5 Å². The number of hydrogen-bond donors (Lipinski definition) is 1. The maximum atomic E-state index is 14.3. The number of hydrogen-bond acceptors (Lipinski definition) is 5. The second-order valence-electron chi connectivity index (χ2n) is 5.62. The summed E-state index contributed by atoms with van der Waals surface area (Å²) in [5, 5.41) is 9.44. The summed E-state index contributed by atoms with van der Waals surface area (Å²) >= 11 is 0. The molecule has 0 spiro atoms. The van der Waals surface area contributed by atoms with Crippen molar-refractivity contribution >= 4 is 5.82 Å². The Hall–Kier alpha value is -3.66. The number of halogens is 2. The minimum Gasteiger partial charge on any atom is -0.497 e. The third-order valence-corrected chi connectivity index (χ3v) is 4.06. The Balaban J connectivity index is 2.29. The van der Waals surface area contributed by atoms with Gasteiger partial charge in [-0.15, -0.1) is 0 Å². The molecule has 3 aromatic rings. The molecule has 1 heterocycles. The van der Waals surface area contributed by atoms with Gasteiger partial charge in [0.2, 0.25) is 0 Å². The van der Waals surface area contributed by atoms with Crippen LogP contribution in [0.4, 0.5) is 14.6 Å². The summed E-state index contributed by atoms with van der Waals surface area (Å²) in [4.78, 5) is 4.25. The van der Waals surface area contributed by atoms with E-state index in [4.69, 9.17) is 15.2 Å². The van der Waals surface area contributed by atoms with Gasteiger partial charge in [-0.1, -0.05) is 0 Å². The molecular weight excluding hydrogens is 352 g/mol. The molecule has 0 unspecified atom stereocenters. The first-order valence-corrected chi connectivity index (χ1v) is 7.87. The maximum absolute atomic E-state index is 14.3. The van der Waals surface area contributed by atoms with Crippen molar-refractivity contribution in [2.45, 2.75) is 0 Å². The van der Waals surface area contributed by atoms with Crippen LogP contribution in [0.5, 0.6) is 11.5 Å². The van der Waals surface area contributed by atoms with E-state index in [0.29, 0.717) is 22.8 Å². The Bertz CT molecular complexity index is 1060. The third kappa shape index (κ3) is 3.37. The van der Waals surface area contributed by atoms with E-state index in [2.05, 4.69) is 4.98 Å². The lowest BCUT2D eigenvalue weighted by molar-refractivity contribution is 0.404. The van der Waals surface area contributed by atoms with Gasteiger partial charge >= 0.3 is 0 Å². The zero-order valence-corrected chi connectivity index (χ0v) is 14.6. The highest BCUT2D eigenvalue weighted by Gasteiger charge is 2.18. The van der Waals surface area contributed by atoms with Crippen molar-refractivity contribution in [3.05, 3.63) is 59.7 Å². The zero-order chi connectivity index (χ0) is 19.6. The number of nitrogen functional groups attached to an aromatic ring is 1. The lowest BCUT2D eigenvalue weighted by atomic mass is 9.97. The number of ether oxygens (including phenoxy) is 2. The molecule has 0 aliphatic carbocycles. The first-order valence-electron chi connectivity index (χ1n) is 7.87. The summed E-state index contributed by atoms with van der Waals surface area (Å²) in [5.74, 6) is -0.534. The smallest absolute Gasteiger partial charge is 0.142 e. The second-order valence-corrected chi connectivity index (χ2v) is 5.62. The molecule has 136 valence electrons. The number of nitriles is 1. The normalized spacial score (nSPS) is 10.3. The van der Waals surface area contributed by atoms with Gasteiger partial charge in [-0.2, -0.15) is 5.26 Å². The lowest BCUT2D eigenvalue weighted by Crippen LogP contribution is -2.01. The Morgan fingerprint density at radius 3 is 2.37 bits per heavy atom. The van der Waals surface area contributed by atoms with Crippen molar-refractivity contribution in [3.63, 3.8) is 0 Å². The summed E-state index contributed by atoms with van der Waals surface area (Å²) in [5.41, 5.74) is 7.12. The summed E-state index contributed by atoms with van der Waals surface area (Å²) in [6.07, 6.45) is 0. The molecule has 0 bridgehead atoms. The van der Waals surface area contributed by atoms with E-state index in [9.17, 15) is 14.0 Å². The molecule has 0 radical (unpaired) electrons. The third-order valence-electron chi connectivity index (χ3n) is 4.06. The number of methoxy groups -OCH3 is 2. The fraction of sp³-hybridized carbons (Fsp3) is 0.100. The number of pyridine rings is 1. The number of aromatic nitrogens is 1. The molecule has 0 atom stereocenters. The Labute approximate surface area is 154 Å². The predicted octanol–water partition coefficient (Wildman–Crippen LogP) is 4.16. The average Bonchev–Trinajstić information content (AvgIpc) is 2.67. The van der Waals surface area contributed by atoms with Crippen molar-refractivity contribution in [2.24, 2.45) is 0 Å². The van der Waals surface area contributed by atoms with E-state index in [1.807, 2.05) is 6.07 Å². The van der Waals surface area contributed by atoms with Crippen molar-refractivity contribution in [1.29, 1.82) is 5.26 Å². The van der Waals surface area contributed by atoms with Gasteiger partial charge in [0, 0.05) is 22.8 Å². The van der Waals surface area contributed by atoms with Gasteiger partial charge in [0.15, 0.2) is 0 Å². The van der Waals surface area contributed by atoms with Gasteiger partial charge in [-0.3, -0.25) is 0 Å². The first-order chi connectivity index (χ1) is 13.0. The maximum Gasteiger partial charge on any atom is 0.142 e. The molecule has 0 saturated carbocycles. The van der Waals surface area contributed by atoms with Crippen LogP contribution in [0.3, 0.4) is 0 Å². The highest BCUT2D eigenvalue weighted by atomic mass is 19.1. The molecule has 0 saturated heterocycles. The molecule has 0 amide bonds. The summed E-state index contributed by atoms with van der Waals surface area (Å²) in [6, 6.07) is 11.7. The van der Waals surface area contributed by atoms with Crippen LogP contribution in [-0.2, 0) is 0 Å². The molecule has 0 aliphatic rings. The molecule has 7 heteroatoms. The van der Waals surface area contributed by atoms with Crippen LogP contribution >= 0.6 is 0 Å². The number of rotatable bonds is 4. The fourth-order valence-corrected chi connectivity index (χ4v) is 2.75. The second kappa shape index (κ2) is 7.30. The number of nitrogens with zero attached hydrogens (tertiary/aromatic N) is 2. The molecule has 27 heavy (non-hydrogen) atoms. The first kappa shape index (κ1) is 18.1. The van der Waals surface area contributed by atoms with Crippen LogP contribution in [0.2, 0.25) is 0 Å². The fourth-order valence-electron chi connectivity index (χ4n) is 2.75. The van der Waals surface area contributed by atoms with E-state index in [1.165, 1.54) is 26.4 Å². The van der Waals surface area contributed by atoms with E-state index in [-0.39, 0.29) is 22.5 Å². The summed E-state index contributed by atoms with van der Waals surface area (Å²) in [6.45, 7) is 0. The molecular formula is C20H15F2N3O2. The Morgan fingerprint density at radius 1 is 0.963 bits per heavy atom. The van der Waals surface area contributed by atoms with Crippen molar-refractivity contribution in [1.82, 2.24) is 4.98 Å². The van der Waals surface area contributed by atoms with E-state index < -0.39 is 11.6 Å². The summed E-state index contributed by atoms with van der Waals surface area (Å²) < 4.78 is 38.2. The van der Waals surface area contributed by atoms with Crippen molar-refractivity contribution < 1.29 is 18.3 Å². The van der Waals surface area contributed by atoms with E-state index in [1.54, 1.807) is 18.2 Å². The zero-order valence-electron chi connectivity index (χ0n) is 14.6. The van der Waals surface area contributed by atoms with E-state index in [0.717, 1.165) is 12.1 Å². The van der Waals surface area contributed by atoms with Crippen LogP contribution in [0.25, 0.3) is 22.4 Å². The SMILES string of the molecule is COc1ccc(OC)c(-c2cc(-c3ccc(F)cc3F)c(C#N)c(N)n2)c1. The van der Waals surface area contributed by atoms with Gasteiger partial charge in [0.25, 0.3) is 0 Å². The number of anilines is 1. The minimum atomic E-state index is -0.805. The standard InChI is InChI=1S/C20H15F2N3O2/c1-26-12-4-6-19(27-2)15(8-12)18-9-14(16(10-23)20(24)25-18)13-5-3-11(21)7-17(13)22/h3-9H,1-2H3,(H2,24,25). The van der Waals surface area contributed by atoms with Crippen LogP contribution in [0.1, 0.15) is 5.56 Å². The molecule has 2 N–H and O–H groups in total. The van der Waals surface area contributed by atoms with Crippen molar-refractivity contribution in [2.75, 3.05) is 20.0 Å². The highest BCUT2D eigenvalue weighted by Crippen LogP contribution is 2.37.